The normalized spacial score (nSPS) is 12.6. The van der Waals surface area contributed by atoms with E-state index in [1.165, 1.54) is 0 Å². The van der Waals surface area contributed by atoms with E-state index in [9.17, 15) is 0 Å². The molecule has 0 amide bonds. The van der Waals surface area contributed by atoms with Crippen LogP contribution in [-0.4, -0.2) is 14.8 Å². The van der Waals surface area contributed by atoms with E-state index in [2.05, 4.69) is 34.6 Å². The van der Waals surface area contributed by atoms with Gasteiger partial charge in [0, 0.05) is 24.1 Å². The summed E-state index contributed by atoms with van der Waals surface area (Å²) in [5.41, 5.74) is 7.07. The van der Waals surface area contributed by atoms with Gasteiger partial charge < -0.3 is 0 Å². The van der Waals surface area contributed by atoms with Crippen molar-refractivity contribution in [2.45, 2.75) is 39.8 Å². The highest BCUT2D eigenvalue weighted by molar-refractivity contribution is 5.30. The van der Waals surface area contributed by atoms with Crippen molar-refractivity contribution in [3.63, 3.8) is 0 Å². The first-order valence-electron chi connectivity index (χ1n) is 6.58. The Bertz CT molecular complexity index is 526. The van der Waals surface area contributed by atoms with Crippen molar-refractivity contribution in [1.82, 2.24) is 20.2 Å². The molecule has 0 spiro atoms. The molecule has 2 aromatic rings. The van der Waals surface area contributed by atoms with Gasteiger partial charge in [0.2, 0.25) is 0 Å². The average Bonchev–Trinajstić information content (AvgIpc) is 2.78. The zero-order chi connectivity index (χ0) is 13.8. The molecule has 5 nitrogen and oxygen atoms in total. The molecule has 1 unspecified atom stereocenters. The van der Waals surface area contributed by atoms with Gasteiger partial charge in [-0.05, 0) is 44.0 Å². The second kappa shape index (κ2) is 5.95. The molecule has 0 aliphatic rings. The molecule has 3 N–H and O–H groups in total. The predicted molar refractivity (Wildman–Crippen MR) is 75.4 cm³/mol. The summed E-state index contributed by atoms with van der Waals surface area (Å²) in [6.45, 7) is 7.02. The maximum Gasteiger partial charge on any atom is 0.0879 e. The molecule has 2 rings (SSSR count). The smallest absolute Gasteiger partial charge is 0.0879 e. The molecule has 0 aromatic carbocycles. The third-order valence-corrected chi connectivity index (χ3v) is 3.08. The van der Waals surface area contributed by atoms with E-state index in [0.717, 1.165) is 35.6 Å². The molecule has 0 radical (unpaired) electrons. The van der Waals surface area contributed by atoms with Crippen molar-refractivity contribution < 1.29 is 0 Å². The number of pyridine rings is 1. The molecule has 102 valence electrons. The summed E-state index contributed by atoms with van der Waals surface area (Å²) in [4.78, 5) is 4.40. The maximum atomic E-state index is 5.75. The fourth-order valence-electron chi connectivity index (χ4n) is 2.37. The van der Waals surface area contributed by atoms with E-state index in [1.54, 1.807) is 0 Å². The summed E-state index contributed by atoms with van der Waals surface area (Å²) < 4.78 is 2.00. The first kappa shape index (κ1) is 13.7. The number of hydrazine groups is 1. The van der Waals surface area contributed by atoms with Gasteiger partial charge in [-0.2, -0.15) is 5.10 Å². The van der Waals surface area contributed by atoms with E-state index in [-0.39, 0.29) is 6.04 Å². The summed E-state index contributed by atoms with van der Waals surface area (Å²) in [7, 11) is 0. The first-order valence-corrected chi connectivity index (χ1v) is 6.58. The minimum Gasteiger partial charge on any atom is -0.271 e. The number of hydrogen-bond donors (Lipinski definition) is 2. The Kier molecular flexibility index (Phi) is 4.29. The van der Waals surface area contributed by atoms with E-state index in [1.807, 2.05) is 30.8 Å². The minimum absolute atomic E-state index is 0.0607. The van der Waals surface area contributed by atoms with Crippen LogP contribution >= 0.6 is 0 Å². The van der Waals surface area contributed by atoms with Gasteiger partial charge in [-0.3, -0.25) is 15.5 Å². The average molecular weight is 259 g/mol. The zero-order valence-electron chi connectivity index (χ0n) is 11.7. The Morgan fingerprint density at radius 2 is 2.00 bits per heavy atom. The third kappa shape index (κ3) is 3.00. The second-order valence-corrected chi connectivity index (χ2v) is 4.76. The maximum absolute atomic E-state index is 5.75. The van der Waals surface area contributed by atoms with Gasteiger partial charge in [-0.15, -0.1) is 0 Å². The lowest BCUT2D eigenvalue weighted by Crippen LogP contribution is -2.31. The summed E-state index contributed by atoms with van der Waals surface area (Å²) >= 11 is 0. The van der Waals surface area contributed by atoms with Crippen LogP contribution in [0.15, 0.2) is 24.4 Å². The lowest BCUT2D eigenvalue weighted by molar-refractivity contribution is 0.520. The summed E-state index contributed by atoms with van der Waals surface area (Å²) in [5.74, 6) is 5.75. The van der Waals surface area contributed by atoms with Crippen molar-refractivity contribution in [2.24, 2.45) is 5.84 Å². The molecular weight excluding hydrogens is 238 g/mol. The number of aryl methyl sites for hydroxylation is 3. The number of aromatic nitrogens is 3. The molecule has 0 aliphatic carbocycles. The number of nitrogens with one attached hydrogen (secondary N) is 1. The monoisotopic (exact) mass is 259 g/mol. The van der Waals surface area contributed by atoms with Crippen LogP contribution in [0.2, 0.25) is 0 Å². The predicted octanol–water partition coefficient (Wildman–Crippen LogP) is 1.86. The molecule has 2 aromatic heterocycles. The highest BCUT2D eigenvalue weighted by atomic mass is 15.3. The summed E-state index contributed by atoms with van der Waals surface area (Å²) in [6.07, 6.45) is 2.86. The molecule has 5 heteroatoms. The van der Waals surface area contributed by atoms with Crippen LogP contribution in [0, 0.1) is 13.8 Å². The third-order valence-electron chi connectivity index (χ3n) is 3.08. The Labute approximate surface area is 113 Å². The van der Waals surface area contributed by atoms with Gasteiger partial charge in [-0.1, -0.05) is 6.92 Å². The van der Waals surface area contributed by atoms with Gasteiger partial charge in [-0.25, -0.2) is 5.43 Å². The van der Waals surface area contributed by atoms with Crippen LogP contribution in [0.3, 0.4) is 0 Å². The Morgan fingerprint density at radius 3 is 2.58 bits per heavy atom. The fourth-order valence-corrected chi connectivity index (χ4v) is 2.37. The van der Waals surface area contributed by atoms with E-state index in [4.69, 9.17) is 5.84 Å². The molecule has 0 fully saturated rings. The Morgan fingerprint density at radius 1 is 1.32 bits per heavy atom. The molecule has 1 atom stereocenters. The fraction of sp³-hybridized carbons (Fsp3) is 0.429. The molecule has 0 saturated carbocycles. The van der Waals surface area contributed by atoms with E-state index < -0.39 is 0 Å². The number of rotatable bonds is 5. The van der Waals surface area contributed by atoms with E-state index >= 15 is 0 Å². The van der Waals surface area contributed by atoms with Crippen LogP contribution in [0.4, 0.5) is 0 Å². The lowest BCUT2D eigenvalue weighted by Gasteiger charge is -2.19. The second-order valence-electron chi connectivity index (χ2n) is 4.76. The van der Waals surface area contributed by atoms with Crippen molar-refractivity contribution in [3.05, 3.63) is 47.0 Å². The Hall–Kier alpha value is -1.72. The quantitative estimate of drug-likeness (QED) is 0.635. The molecule has 0 bridgehead atoms. The lowest BCUT2D eigenvalue weighted by atomic mass is 10.0. The topological polar surface area (TPSA) is 68.8 Å². The summed E-state index contributed by atoms with van der Waals surface area (Å²) in [6, 6.07) is 6.06. The van der Waals surface area contributed by atoms with Gasteiger partial charge in [0.25, 0.3) is 0 Å². The largest absolute Gasteiger partial charge is 0.271 e. The molecular formula is C14H21N5. The van der Waals surface area contributed by atoms with Crippen LogP contribution in [0.1, 0.15) is 42.0 Å². The molecule has 0 aliphatic heterocycles. The highest BCUT2D eigenvalue weighted by Gasteiger charge is 2.17. The first-order chi connectivity index (χ1) is 9.15. The number of nitrogens with two attached hydrogens (primary N) is 1. The standard InChI is InChI=1S/C14H21N5/c1-4-7-19-13(5-6-16-19)14(18-15)12-8-10(2)17-11(3)9-12/h5-6,8-9,14,18H,4,7,15H2,1-3H3. The summed E-state index contributed by atoms with van der Waals surface area (Å²) in [5, 5.41) is 4.35. The number of hydrogen-bond acceptors (Lipinski definition) is 4. The van der Waals surface area contributed by atoms with Crippen molar-refractivity contribution in [2.75, 3.05) is 0 Å². The minimum atomic E-state index is -0.0607. The zero-order valence-corrected chi connectivity index (χ0v) is 11.7. The molecule has 19 heavy (non-hydrogen) atoms. The van der Waals surface area contributed by atoms with Crippen molar-refractivity contribution in [1.29, 1.82) is 0 Å². The van der Waals surface area contributed by atoms with Crippen molar-refractivity contribution in [3.8, 4) is 0 Å². The van der Waals surface area contributed by atoms with Gasteiger partial charge in [0.05, 0.1) is 11.7 Å². The van der Waals surface area contributed by atoms with Gasteiger partial charge >= 0.3 is 0 Å². The van der Waals surface area contributed by atoms with Gasteiger partial charge in [0.15, 0.2) is 0 Å². The van der Waals surface area contributed by atoms with Crippen LogP contribution in [-0.2, 0) is 6.54 Å². The van der Waals surface area contributed by atoms with Crippen molar-refractivity contribution >= 4 is 0 Å². The molecule has 2 heterocycles. The van der Waals surface area contributed by atoms with Crippen LogP contribution in [0.25, 0.3) is 0 Å². The SMILES string of the molecule is CCCn1nccc1C(NN)c1cc(C)nc(C)c1. The Balaban J connectivity index is 2.40. The highest BCUT2D eigenvalue weighted by Crippen LogP contribution is 2.22. The van der Waals surface area contributed by atoms with Crippen LogP contribution in [0.5, 0.6) is 0 Å². The van der Waals surface area contributed by atoms with E-state index in [0.29, 0.717) is 0 Å². The van der Waals surface area contributed by atoms with Gasteiger partial charge in [0.1, 0.15) is 0 Å². The molecule has 0 saturated heterocycles. The van der Waals surface area contributed by atoms with Crippen LogP contribution < -0.4 is 11.3 Å². The number of nitrogens with zero attached hydrogens (tertiary/aromatic N) is 3.